The van der Waals surface area contributed by atoms with Gasteiger partial charge in [0.25, 0.3) is 0 Å². The Balaban J connectivity index is 2.52. The Hall–Kier alpha value is -0.930. The van der Waals surface area contributed by atoms with Gasteiger partial charge in [-0.15, -0.1) is 0 Å². The van der Waals surface area contributed by atoms with Gasteiger partial charge in [0, 0.05) is 12.1 Å². The van der Waals surface area contributed by atoms with Crippen LogP contribution in [0, 0.1) is 0 Å². The number of halogens is 1. The molecule has 0 aliphatic rings. The molecule has 1 aromatic rings. The van der Waals surface area contributed by atoms with E-state index in [9.17, 15) is 0 Å². The topological polar surface area (TPSA) is 33.3 Å². The van der Waals surface area contributed by atoms with E-state index in [0.29, 0.717) is 11.6 Å². The molecule has 0 radical (unpaired) electrons. The SMILES string of the molecule is CNCCCOc1ccc(Cl)cc1NC. The first-order valence-corrected chi connectivity index (χ1v) is 5.40. The van der Waals surface area contributed by atoms with Gasteiger partial charge in [-0.3, -0.25) is 0 Å². The minimum absolute atomic E-state index is 0.706. The average molecular weight is 229 g/mol. The first kappa shape index (κ1) is 12.1. The number of hydrogen-bond donors (Lipinski definition) is 2. The predicted molar refractivity (Wildman–Crippen MR) is 65.0 cm³/mol. The van der Waals surface area contributed by atoms with Crippen molar-refractivity contribution in [2.75, 3.05) is 32.6 Å². The molecule has 1 aromatic carbocycles. The lowest BCUT2D eigenvalue weighted by Gasteiger charge is -2.11. The van der Waals surface area contributed by atoms with Crippen LogP contribution in [0.1, 0.15) is 6.42 Å². The predicted octanol–water partition coefficient (Wildman–Crippen LogP) is 2.37. The zero-order chi connectivity index (χ0) is 11.1. The fourth-order valence-corrected chi connectivity index (χ4v) is 1.43. The number of anilines is 1. The highest BCUT2D eigenvalue weighted by molar-refractivity contribution is 6.30. The molecule has 15 heavy (non-hydrogen) atoms. The monoisotopic (exact) mass is 228 g/mol. The quantitative estimate of drug-likeness (QED) is 0.734. The lowest BCUT2D eigenvalue weighted by Crippen LogP contribution is -2.11. The van der Waals surface area contributed by atoms with Crippen LogP contribution >= 0.6 is 11.6 Å². The number of rotatable bonds is 6. The van der Waals surface area contributed by atoms with E-state index in [1.807, 2.05) is 32.3 Å². The van der Waals surface area contributed by atoms with Gasteiger partial charge >= 0.3 is 0 Å². The van der Waals surface area contributed by atoms with Crippen LogP contribution in [-0.2, 0) is 0 Å². The fraction of sp³-hybridized carbons (Fsp3) is 0.455. The van der Waals surface area contributed by atoms with E-state index in [0.717, 1.165) is 24.4 Å². The van der Waals surface area contributed by atoms with Gasteiger partial charge in [-0.2, -0.15) is 0 Å². The van der Waals surface area contributed by atoms with Crippen LogP contribution in [0.3, 0.4) is 0 Å². The zero-order valence-electron chi connectivity index (χ0n) is 9.14. The molecule has 0 aromatic heterocycles. The van der Waals surface area contributed by atoms with Crippen molar-refractivity contribution in [3.63, 3.8) is 0 Å². The lowest BCUT2D eigenvalue weighted by atomic mass is 10.3. The van der Waals surface area contributed by atoms with Crippen molar-refractivity contribution in [2.24, 2.45) is 0 Å². The molecule has 2 N–H and O–H groups in total. The summed E-state index contributed by atoms with van der Waals surface area (Å²) in [6.45, 7) is 1.67. The van der Waals surface area contributed by atoms with E-state index in [1.165, 1.54) is 0 Å². The second-order valence-electron chi connectivity index (χ2n) is 3.20. The smallest absolute Gasteiger partial charge is 0.142 e. The van der Waals surface area contributed by atoms with Crippen LogP contribution in [-0.4, -0.2) is 27.2 Å². The molecule has 0 aliphatic heterocycles. The Bertz CT molecular complexity index is 305. The van der Waals surface area contributed by atoms with E-state index in [1.54, 1.807) is 0 Å². The molecule has 0 fully saturated rings. The largest absolute Gasteiger partial charge is 0.491 e. The van der Waals surface area contributed by atoms with Crippen molar-refractivity contribution in [1.29, 1.82) is 0 Å². The molecule has 0 heterocycles. The molecule has 3 nitrogen and oxygen atoms in total. The lowest BCUT2D eigenvalue weighted by molar-refractivity contribution is 0.311. The van der Waals surface area contributed by atoms with Gasteiger partial charge in [0.1, 0.15) is 5.75 Å². The average Bonchev–Trinajstić information content (AvgIpc) is 2.26. The van der Waals surface area contributed by atoms with Gasteiger partial charge in [0.15, 0.2) is 0 Å². The van der Waals surface area contributed by atoms with E-state index in [-0.39, 0.29) is 0 Å². The van der Waals surface area contributed by atoms with Crippen molar-refractivity contribution in [1.82, 2.24) is 5.32 Å². The van der Waals surface area contributed by atoms with Crippen molar-refractivity contribution < 1.29 is 4.74 Å². The Kier molecular flexibility index (Phi) is 5.29. The summed E-state index contributed by atoms with van der Waals surface area (Å²) in [5.41, 5.74) is 0.923. The molecule has 0 bridgehead atoms. The van der Waals surface area contributed by atoms with E-state index < -0.39 is 0 Å². The summed E-state index contributed by atoms with van der Waals surface area (Å²) in [4.78, 5) is 0. The molecule has 0 unspecified atom stereocenters. The van der Waals surface area contributed by atoms with Gasteiger partial charge in [0.05, 0.1) is 12.3 Å². The molecule has 0 amide bonds. The van der Waals surface area contributed by atoms with Crippen molar-refractivity contribution in [2.45, 2.75) is 6.42 Å². The Morgan fingerprint density at radius 2 is 2.13 bits per heavy atom. The minimum atomic E-state index is 0.706. The van der Waals surface area contributed by atoms with E-state index >= 15 is 0 Å². The van der Waals surface area contributed by atoms with Gasteiger partial charge in [0.2, 0.25) is 0 Å². The summed E-state index contributed by atoms with van der Waals surface area (Å²) in [5.74, 6) is 0.845. The highest BCUT2D eigenvalue weighted by atomic mass is 35.5. The number of nitrogens with one attached hydrogen (secondary N) is 2. The van der Waals surface area contributed by atoms with E-state index in [2.05, 4.69) is 10.6 Å². The van der Waals surface area contributed by atoms with Gasteiger partial charge in [-0.1, -0.05) is 11.6 Å². The highest BCUT2D eigenvalue weighted by Crippen LogP contribution is 2.27. The fourth-order valence-electron chi connectivity index (χ4n) is 1.25. The summed E-state index contributed by atoms with van der Waals surface area (Å²) in [7, 11) is 3.79. The molecular weight excluding hydrogens is 212 g/mol. The molecule has 0 spiro atoms. The van der Waals surface area contributed by atoms with Gasteiger partial charge < -0.3 is 15.4 Å². The molecule has 0 atom stereocenters. The van der Waals surface area contributed by atoms with Crippen molar-refractivity contribution in [3.8, 4) is 5.75 Å². The van der Waals surface area contributed by atoms with E-state index in [4.69, 9.17) is 16.3 Å². The second kappa shape index (κ2) is 6.53. The molecule has 0 saturated carbocycles. The normalized spacial score (nSPS) is 10.1. The minimum Gasteiger partial charge on any atom is -0.491 e. The van der Waals surface area contributed by atoms with Gasteiger partial charge in [-0.25, -0.2) is 0 Å². The number of benzene rings is 1. The Morgan fingerprint density at radius 1 is 1.33 bits per heavy atom. The molecule has 84 valence electrons. The van der Waals surface area contributed by atoms with Crippen molar-refractivity contribution in [3.05, 3.63) is 23.2 Å². The Morgan fingerprint density at radius 3 is 2.80 bits per heavy atom. The first-order valence-electron chi connectivity index (χ1n) is 5.02. The van der Waals surface area contributed by atoms with Crippen LogP contribution < -0.4 is 15.4 Å². The second-order valence-corrected chi connectivity index (χ2v) is 3.63. The summed E-state index contributed by atoms with van der Waals surface area (Å²) in [6, 6.07) is 5.57. The molecule has 0 saturated heterocycles. The third-order valence-corrected chi connectivity index (χ3v) is 2.27. The van der Waals surface area contributed by atoms with Crippen LogP contribution in [0.4, 0.5) is 5.69 Å². The van der Waals surface area contributed by atoms with Crippen LogP contribution in [0.15, 0.2) is 18.2 Å². The molecule has 4 heteroatoms. The highest BCUT2D eigenvalue weighted by Gasteiger charge is 2.02. The zero-order valence-corrected chi connectivity index (χ0v) is 9.90. The summed E-state index contributed by atoms with van der Waals surface area (Å²) >= 11 is 5.87. The summed E-state index contributed by atoms with van der Waals surface area (Å²) in [5, 5.41) is 6.84. The maximum atomic E-state index is 5.87. The van der Waals surface area contributed by atoms with Crippen LogP contribution in [0.25, 0.3) is 0 Å². The molecular formula is C11H17ClN2O. The number of ether oxygens (including phenoxy) is 1. The maximum absolute atomic E-state index is 5.87. The van der Waals surface area contributed by atoms with Crippen molar-refractivity contribution >= 4 is 17.3 Å². The molecule has 1 rings (SSSR count). The standard InChI is InChI=1S/C11H17ClN2O/c1-13-6-3-7-15-11-5-4-9(12)8-10(11)14-2/h4-5,8,13-14H,3,6-7H2,1-2H3. The van der Waals surface area contributed by atoms with Crippen LogP contribution in [0.5, 0.6) is 5.75 Å². The first-order chi connectivity index (χ1) is 7.27. The number of hydrogen-bond acceptors (Lipinski definition) is 3. The molecule has 0 aliphatic carbocycles. The van der Waals surface area contributed by atoms with Gasteiger partial charge in [-0.05, 0) is 38.2 Å². The third-order valence-electron chi connectivity index (χ3n) is 2.04. The van der Waals surface area contributed by atoms with Crippen LogP contribution in [0.2, 0.25) is 5.02 Å². The third kappa shape index (κ3) is 3.98. The summed E-state index contributed by atoms with van der Waals surface area (Å²) in [6.07, 6.45) is 0.988. The maximum Gasteiger partial charge on any atom is 0.142 e. The Labute approximate surface area is 95.8 Å². The summed E-state index contributed by atoms with van der Waals surface area (Å²) < 4.78 is 5.62.